The number of nitrogens with zero attached hydrogens (tertiary/aromatic N) is 1. The van der Waals surface area contributed by atoms with Crippen molar-refractivity contribution in [3.8, 4) is 11.5 Å². The van der Waals surface area contributed by atoms with Crippen molar-refractivity contribution in [2.45, 2.75) is 11.4 Å². The fraction of sp³-hybridized carbons (Fsp3) is 0.381. The van der Waals surface area contributed by atoms with Crippen molar-refractivity contribution in [1.29, 1.82) is 0 Å². The van der Waals surface area contributed by atoms with Crippen LogP contribution >= 0.6 is 11.8 Å². The molecule has 1 saturated heterocycles. The summed E-state index contributed by atoms with van der Waals surface area (Å²) in [5.74, 6) is 2.43. The van der Waals surface area contributed by atoms with E-state index in [0.29, 0.717) is 5.75 Å². The molecule has 1 N–H and O–H groups in total. The van der Waals surface area contributed by atoms with Gasteiger partial charge in [0.15, 0.2) is 0 Å². The molecule has 0 atom stereocenters. The summed E-state index contributed by atoms with van der Waals surface area (Å²) in [7, 11) is 3.34. The second-order valence-corrected chi connectivity index (χ2v) is 7.67. The maximum atomic E-state index is 12.5. The fourth-order valence-corrected chi connectivity index (χ4v) is 3.99. The normalized spacial score (nSPS) is 14.8. The Morgan fingerprint density at radius 2 is 1.52 bits per heavy atom. The van der Waals surface area contributed by atoms with Crippen molar-refractivity contribution in [2.75, 3.05) is 46.2 Å². The van der Waals surface area contributed by atoms with E-state index in [0.717, 1.165) is 49.1 Å². The summed E-state index contributed by atoms with van der Waals surface area (Å²) in [6.45, 7) is 4.63. The number of hydrogen-bond donors (Lipinski definition) is 1. The zero-order chi connectivity index (χ0) is 19.1. The van der Waals surface area contributed by atoms with Crippen molar-refractivity contribution in [3.63, 3.8) is 0 Å². The minimum atomic E-state index is 0.222. The summed E-state index contributed by atoms with van der Waals surface area (Å²) in [6, 6.07) is 16.1. The highest BCUT2D eigenvalue weighted by atomic mass is 32.2. The van der Waals surface area contributed by atoms with Crippen LogP contribution in [-0.4, -0.2) is 57.0 Å². The van der Waals surface area contributed by atoms with Gasteiger partial charge in [0.25, 0.3) is 0 Å². The molecule has 27 heavy (non-hydrogen) atoms. The molecule has 2 aromatic rings. The van der Waals surface area contributed by atoms with Gasteiger partial charge >= 0.3 is 0 Å². The highest BCUT2D eigenvalue weighted by molar-refractivity contribution is 8.00. The molecule has 0 bridgehead atoms. The van der Waals surface area contributed by atoms with Crippen LogP contribution in [-0.2, 0) is 11.3 Å². The molecule has 1 heterocycles. The second-order valence-electron chi connectivity index (χ2n) is 6.62. The van der Waals surface area contributed by atoms with Gasteiger partial charge in [0.2, 0.25) is 5.91 Å². The Balaban J connectivity index is 1.41. The molecule has 0 unspecified atom stereocenters. The Bertz CT molecular complexity index is 726. The lowest BCUT2D eigenvalue weighted by Gasteiger charge is -2.32. The van der Waals surface area contributed by atoms with Crippen molar-refractivity contribution in [2.24, 2.45) is 0 Å². The Hall–Kier alpha value is -2.18. The van der Waals surface area contributed by atoms with Gasteiger partial charge in [-0.15, -0.1) is 11.8 Å². The summed E-state index contributed by atoms with van der Waals surface area (Å²) in [6.07, 6.45) is 0. The van der Waals surface area contributed by atoms with Crippen LogP contribution in [0, 0.1) is 0 Å². The van der Waals surface area contributed by atoms with E-state index in [1.54, 1.807) is 26.0 Å². The summed E-state index contributed by atoms with van der Waals surface area (Å²) in [5.41, 5.74) is 1.31. The molecule has 0 aliphatic carbocycles. The number of benzene rings is 2. The minimum absolute atomic E-state index is 0.222. The van der Waals surface area contributed by atoms with Crippen LogP contribution in [0.1, 0.15) is 5.56 Å². The molecule has 0 radical (unpaired) electrons. The van der Waals surface area contributed by atoms with Gasteiger partial charge in [-0.05, 0) is 48.5 Å². The predicted octanol–water partition coefficient (Wildman–Crippen LogP) is 1.72. The Morgan fingerprint density at radius 1 is 0.963 bits per heavy atom. The van der Waals surface area contributed by atoms with E-state index in [-0.39, 0.29) is 5.91 Å². The predicted molar refractivity (Wildman–Crippen MR) is 108 cm³/mol. The first-order valence-corrected chi connectivity index (χ1v) is 10.2. The lowest BCUT2D eigenvalue weighted by molar-refractivity contribution is -0.917. The number of rotatable bonds is 7. The number of piperazine rings is 1. The van der Waals surface area contributed by atoms with Crippen LogP contribution in [0.5, 0.6) is 11.5 Å². The average molecular weight is 388 g/mol. The molecule has 3 rings (SSSR count). The molecular weight excluding hydrogens is 360 g/mol. The number of methoxy groups -OCH3 is 2. The summed E-state index contributed by atoms with van der Waals surface area (Å²) < 4.78 is 10.4. The second kappa shape index (κ2) is 9.67. The first-order valence-electron chi connectivity index (χ1n) is 9.19. The molecule has 1 aliphatic rings. The average Bonchev–Trinajstić information content (AvgIpc) is 2.73. The van der Waals surface area contributed by atoms with E-state index < -0.39 is 0 Å². The third-order valence-electron chi connectivity index (χ3n) is 4.86. The van der Waals surface area contributed by atoms with Gasteiger partial charge in [-0.1, -0.05) is 0 Å². The SMILES string of the molecule is COc1ccc(C[NH+]2CCN(C(=O)CSc3ccc(OC)cc3)CC2)cc1. The zero-order valence-electron chi connectivity index (χ0n) is 15.9. The molecular formula is C21H27N2O3S+. The Morgan fingerprint density at radius 3 is 2.07 bits per heavy atom. The van der Waals surface area contributed by atoms with Crippen LogP contribution in [0.25, 0.3) is 0 Å². The van der Waals surface area contributed by atoms with E-state index in [9.17, 15) is 4.79 Å². The molecule has 5 nitrogen and oxygen atoms in total. The maximum absolute atomic E-state index is 12.5. The van der Waals surface area contributed by atoms with Gasteiger partial charge in [-0.25, -0.2) is 0 Å². The lowest BCUT2D eigenvalue weighted by Crippen LogP contribution is -3.13. The minimum Gasteiger partial charge on any atom is -0.497 e. The summed E-state index contributed by atoms with van der Waals surface area (Å²) in [4.78, 5) is 17.1. The quantitative estimate of drug-likeness (QED) is 0.735. The van der Waals surface area contributed by atoms with E-state index in [1.165, 1.54) is 10.5 Å². The van der Waals surface area contributed by atoms with Gasteiger partial charge in [-0.2, -0.15) is 0 Å². The Labute approximate surface area is 165 Å². The standard InChI is InChI=1S/C21H26N2O3S/c1-25-18-5-3-17(4-6-18)15-22-11-13-23(14-12-22)21(24)16-27-20-9-7-19(26-2)8-10-20/h3-10H,11-16H2,1-2H3/p+1. The molecule has 0 aromatic heterocycles. The van der Waals surface area contributed by atoms with Gasteiger partial charge < -0.3 is 19.3 Å². The van der Waals surface area contributed by atoms with Crippen molar-refractivity contribution in [1.82, 2.24) is 4.90 Å². The van der Waals surface area contributed by atoms with Crippen LogP contribution in [0.4, 0.5) is 0 Å². The number of carbonyl (C=O) groups excluding carboxylic acids is 1. The molecule has 1 aliphatic heterocycles. The monoisotopic (exact) mass is 387 g/mol. The van der Waals surface area contributed by atoms with E-state index in [2.05, 4.69) is 12.1 Å². The molecule has 0 saturated carbocycles. The van der Waals surface area contributed by atoms with Crippen LogP contribution in [0.3, 0.4) is 0 Å². The molecule has 2 aromatic carbocycles. The number of ether oxygens (including phenoxy) is 2. The Kier molecular flexibility index (Phi) is 7.01. The van der Waals surface area contributed by atoms with Crippen molar-refractivity contribution in [3.05, 3.63) is 54.1 Å². The third kappa shape index (κ3) is 5.65. The highest BCUT2D eigenvalue weighted by Gasteiger charge is 2.23. The van der Waals surface area contributed by atoms with Gasteiger partial charge in [-0.3, -0.25) is 4.79 Å². The molecule has 6 heteroatoms. The topological polar surface area (TPSA) is 43.2 Å². The molecule has 1 amide bonds. The van der Waals surface area contributed by atoms with E-state index in [4.69, 9.17) is 9.47 Å². The van der Waals surface area contributed by atoms with E-state index in [1.807, 2.05) is 41.3 Å². The number of thioether (sulfide) groups is 1. The number of nitrogens with one attached hydrogen (secondary N) is 1. The summed E-state index contributed by atoms with van der Waals surface area (Å²) >= 11 is 1.58. The van der Waals surface area contributed by atoms with Crippen molar-refractivity contribution >= 4 is 17.7 Å². The molecule has 144 valence electrons. The summed E-state index contributed by atoms with van der Waals surface area (Å²) in [5, 5.41) is 0. The van der Waals surface area contributed by atoms with Gasteiger partial charge in [0, 0.05) is 10.5 Å². The maximum Gasteiger partial charge on any atom is 0.233 e. The largest absolute Gasteiger partial charge is 0.497 e. The number of hydrogen-bond acceptors (Lipinski definition) is 4. The van der Waals surface area contributed by atoms with E-state index >= 15 is 0 Å². The number of carbonyl (C=O) groups is 1. The van der Waals surface area contributed by atoms with Gasteiger partial charge in [0.05, 0.1) is 46.2 Å². The molecule has 1 fully saturated rings. The van der Waals surface area contributed by atoms with Crippen LogP contribution in [0.15, 0.2) is 53.4 Å². The number of quaternary nitrogens is 1. The first-order chi connectivity index (χ1) is 13.2. The molecule has 0 spiro atoms. The number of amides is 1. The fourth-order valence-electron chi connectivity index (χ4n) is 3.19. The van der Waals surface area contributed by atoms with Crippen LogP contribution < -0.4 is 14.4 Å². The van der Waals surface area contributed by atoms with Crippen LogP contribution in [0.2, 0.25) is 0 Å². The third-order valence-corrected chi connectivity index (χ3v) is 5.85. The lowest BCUT2D eigenvalue weighted by atomic mass is 10.2. The van der Waals surface area contributed by atoms with Gasteiger partial charge in [0.1, 0.15) is 18.0 Å². The van der Waals surface area contributed by atoms with Crippen molar-refractivity contribution < 1.29 is 19.2 Å². The smallest absolute Gasteiger partial charge is 0.233 e. The highest BCUT2D eigenvalue weighted by Crippen LogP contribution is 2.21. The zero-order valence-corrected chi connectivity index (χ0v) is 16.8. The first kappa shape index (κ1) is 19.6.